The third-order valence-corrected chi connectivity index (χ3v) is 2.25. The van der Waals surface area contributed by atoms with Crippen molar-refractivity contribution in [2.24, 2.45) is 5.73 Å². The number of ether oxygens (including phenoxy) is 2. The molecule has 0 aliphatic rings. The largest absolute Gasteiger partial charge is 0.390 e. The Balaban J connectivity index is 3.75. The molecule has 0 aliphatic carbocycles. The van der Waals surface area contributed by atoms with Crippen LogP contribution in [0.25, 0.3) is 0 Å². The van der Waals surface area contributed by atoms with Crippen molar-refractivity contribution in [3.05, 3.63) is 0 Å². The first-order chi connectivity index (χ1) is 7.74. The Bertz CT molecular complexity index is 137. The van der Waals surface area contributed by atoms with Crippen molar-refractivity contribution in [1.82, 2.24) is 4.90 Å². The van der Waals surface area contributed by atoms with Crippen molar-refractivity contribution in [1.29, 1.82) is 0 Å². The van der Waals surface area contributed by atoms with Gasteiger partial charge in [0.05, 0.1) is 19.3 Å². The van der Waals surface area contributed by atoms with E-state index in [9.17, 15) is 5.11 Å². The minimum Gasteiger partial charge on any atom is -0.390 e. The van der Waals surface area contributed by atoms with Crippen molar-refractivity contribution < 1.29 is 14.6 Å². The molecule has 0 spiro atoms. The molecule has 0 aromatic heterocycles. The lowest BCUT2D eigenvalue weighted by molar-refractivity contribution is 0.0559. The Morgan fingerprint density at radius 1 is 1.12 bits per heavy atom. The average Bonchev–Trinajstić information content (AvgIpc) is 2.29. The van der Waals surface area contributed by atoms with Gasteiger partial charge in [-0.3, -0.25) is 4.90 Å². The smallest absolute Gasteiger partial charge is 0.0789 e. The highest BCUT2D eigenvalue weighted by Gasteiger charge is 2.09. The van der Waals surface area contributed by atoms with Gasteiger partial charge >= 0.3 is 0 Å². The maximum atomic E-state index is 9.49. The second-order valence-electron chi connectivity index (χ2n) is 3.58. The van der Waals surface area contributed by atoms with Crippen molar-refractivity contribution in [2.75, 3.05) is 52.6 Å². The van der Waals surface area contributed by atoms with Gasteiger partial charge in [0, 0.05) is 39.4 Å². The zero-order valence-corrected chi connectivity index (χ0v) is 10.5. The second kappa shape index (κ2) is 11.3. The molecule has 0 aliphatic heterocycles. The second-order valence-corrected chi connectivity index (χ2v) is 3.58. The lowest BCUT2D eigenvalue weighted by atomic mass is 10.3. The molecule has 5 heteroatoms. The Kier molecular flexibility index (Phi) is 11.1. The number of hydrogen-bond donors (Lipinski definition) is 2. The third kappa shape index (κ3) is 9.06. The summed E-state index contributed by atoms with van der Waals surface area (Å²) >= 11 is 0. The van der Waals surface area contributed by atoms with E-state index in [-0.39, 0.29) is 0 Å². The zero-order chi connectivity index (χ0) is 12.2. The SMILES string of the molecule is CCOCCN(CCOCC)CC(O)CN. The lowest BCUT2D eigenvalue weighted by Crippen LogP contribution is -2.40. The molecule has 16 heavy (non-hydrogen) atoms. The summed E-state index contributed by atoms with van der Waals surface area (Å²) in [4.78, 5) is 2.11. The van der Waals surface area contributed by atoms with E-state index in [2.05, 4.69) is 4.90 Å². The van der Waals surface area contributed by atoms with E-state index in [1.807, 2.05) is 13.8 Å². The maximum Gasteiger partial charge on any atom is 0.0789 e. The normalized spacial score (nSPS) is 13.3. The average molecular weight is 234 g/mol. The fraction of sp³-hybridized carbons (Fsp3) is 1.00. The molecule has 0 fully saturated rings. The third-order valence-electron chi connectivity index (χ3n) is 2.25. The van der Waals surface area contributed by atoms with Crippen LogP contribution in [-0.4, -0.2) is 68.7 Å². The van der Waals surface area contributed by atoms with Crippen LogP contribution >= 0.6 is 0 Å². The number of aliphatic hydroxyl groups is 1. The minimum atomic E-state index is -0.469. The summed E-state index contributed by atoms with van der Waals surface area (Å²) in [5.74, 6) is 0. The van der Waals surface area contributed by atoms with Gasteiger partial charge in [-0.25, -0.2) is 0 Å². The molecule has 1 atom stereocenters. The van der Waals surface area contributed by atoms with Crippen LogP contribution in [0.2, 0.25) is 0 Å². The van der Waals surface area contributed by atoms with Gasteiger partial charge in [-0.15, -0.1) is 0 Å². The van der Waals surface area contributed by atoms with Gasteiger partial charge in [-0.2, -0.15) is 0 Å². The highest BCUT2D eigenvalue weighted by molar-refractivity contribution is 4.65. The van der Waals surface area contributed by atoms with Crippen LogP contribution in [0.5, 0.6) is 0 Å². The van der Waals surface area contributed by atoms with Gasteiger partial charge in [0.15, 0.2) is 0 Å². The molecule has 0 saturated carbocycles. The van der Waals surface area contributed by atoms with E-state index in [1.54, 1.807) is 0 Å². The minimum absolute atomic E-state index is 0.291. The summed E-state index contributed by atoms with van der Waals surface area (Å²) in [6, 6.07) is 0. The summed E-state index contributed by atoms with van der Waals surface area (Å²) in [6.07, 6.45) is -0.469. The Labute approximate surface area is 98.5 Å². The first-order valence-corrected chi connectivity index (χ1v) is 6.00. The molecule has 1 unspecified atom stereocenters. The fourth-order valence-electron chi connectivity index (χ4n) is 1.34. The number of aliphatic hydroxyl groups excluding tert-OH is 1. The molecule has 5 nitrogen and oxygen atoms in total. The lowest BCUT2D eigenvalue weighted by Gasteiger charge is -2.24. The van der Waals surface area contributed by atoms with Crippen molar-refractivity contribution in [2.45, 2.75) is 20.0 Å². The zero-order valence-electron chi connectivity index (χ0n) is 10.5. The van der Waals surface area contributed by atoms with Gasteiger partial charge in [0.2, 0.25) is 0 Å². The molecule has 0 aromatic rings. The first kappa shape index (κ1) is 15.8. The standard InChI is InChI=1S/C11H26N2O3/c1-3-15-7-5-13(6-8-16-4-2)10-11(14)9-12/h11,14H,3-10,12H2,1-2H3. The number of hydrogen-bond acceptors (Lipinski definition) is 5. The van der Waals surface area contributed by atoms with Crippen LogP contribution in [0.3, 0.4) is 0 Å². The van der Waals surface area contributed by atoms with E-state index in [0.29, 0.717) is 26.3 Å². The van der Waals surface area contributed by atoms with Gasteiger partial charge in [0.25, 0.3) is 0 Å². The molecule has 0 rings (SSSR count). The Hall–Kier alpha value is -0.200. The van der Waals surface area contributed by atoms with Crippen LogP contribution in [0, 0.1) is 0 Å². The maximum absolute atomic E-state index is 9.49. The van der Waals surface area contributed by atoms with Crippen LogP contribution in [-0.2, 0) is 9.47 Å². The fourth-order valence-corrected chi connectivity index (χ4v) is 1.34. The Morgan fingerprint density at radius 2 is 1.62 bits per heavy atom. The molecule has 0 bridgehead atoms. The quantitative estimate of drug-likeness (QED) is 0.480. The van der Waals surface area contributed by atoms with Gasteiger partial charge in [-0.05, 0) is 13.8 Å². The number of nitrogens with zero attached hydrogens (tertiary/aromatic N) is 1. The number of nitrogens with two attached hydrogens (primary N) is 1. The van der Waals surface area contributed by atoms with Gasteiger partial charge in [0.1, 0.15) is 0 Å². The van der Waals surface area contributed by atoms with E-state index >= 15 is 0 Å². The van der Waals surface area contributed by atoms with Gasteiger partial charge in [-0.1, -0.05) is 0 Å². The molecular formula is C11H26N2O3. The van der Waals surface area contributed by atoms with Gasteiger partial charge < -0.3 is 20.3 Å². The molecule has 0 radical (unpaired) electrons. The molecule has 98 valence electrons. The van der Waals surface area contributed by atoms with Crippen LogP contribution in [0.1, 0.15) is 13.8 Å². The monoisotopic (exact) mass is 234 g/mol. The van der Waals surface area contributed by atoms with E-state index in [1.165, 1.54) is 0 Å². The Morgan fingerprint density at radius 3 is 2.00 bits per heavy atom. The summed E-state index contributed by atoms with van der Waals surface area (Å²) in [7, 11) is 0. The van der Waals surface area contributed by atoms with Crippen LogP contribution in [0.4, 0.5) is 0 Å². The van der Waals surface area contributed by atoms with E-state index < -0.39 is 6.10 Å². The molecule has 0 saturated heterocycles. The topological polar surface area (TPSA) is 68.0 Å². The first-order valence-electron chi connectivity index (χ1n) is 6.00. The van der Waals surface area contributed by atoms with Crippen molar-refractivity contribution in [3.8, 4) is 0 Å². The summed E-state index contributed by atoms with van der Waals surface area (Å²) in [6.45, 7) is 9.22. The van der Waals surface area contributed by atoms with E-state index in [4.69, 9.17) is 15.2 Å². The van der Waals surface area contributed by atoms with Crippen LogP contribution < -0.4 is 5.73 Å². The molecule has 0 aromatic carbocycles. The van der Waals surface area contributed by atoms with Crippen molar-refractivity contribution in [3.63, 3.8) is 0 Å². The summed E-state index contributed by atoms with van der Waals surface area (Å²) in [5, 5.41) is 9.49. The van der Waals surface area contributed by atoms with E-state index in [0.717, 1.165) is 26.3 Å². The van der Waals surface area contributed by atoms with Crippen LogP contribution in [0.15, 0.2) is 0 Å². The predicted molar refractivity (Wildman–Crippen MR) is 64.5 cm³/mol. The highest BCUT2D eigenvalue weighted by Crippen LogP contribution is 1.93. The summed E-state index contributed by atoms with van der Waals surface area (Å²) in [5.41, 5.74) is 5.39. The molecule has 0 amide bonds. The highest BCUT2D eigenvalue weighted by atomic mass is 16.5. The molecule has 0 heterocycles. The predicted octanol–water partition coefficient (Wildman–Crippen LogP) is -0.319. The molecular weight excluding hydrogens is 208 g/mol. The number of rotatable bonds is 11. The van der Waals surface area contributed by atoms with Crippen molar-refractivity contribution >= 4 is 0 Å². The summed E-state index contributed by atoms with van der Waals surface area (Å²) < 4.78 is 10.6. The molecule has 3 N–H and O–H groups in total.